The van der Waals surface area contributed by atoms with Crippen LogP contribution in [-0.4, -0.2) is 17.4 Å². The zero-order valence-corrected chi connectivity index (χ0v) is 6.94. The maximum atomic E-state index is 8.84. The molecule has 1 aromatic rings. The summed E-state index contributed by atoms with van der Waals surface area (Å²) < 4.78 is 0. The van der Waals surface area contributed by atoms with Gasteiger partial charge in [-0.1, -0.05) is 18.2 Å². The van der Waals surface area contributed by atoms with Gasteiger partial charge in [-0.25, -0.2) is 0 Å². The molecule has 1 rings (SSSR count). The maximum absolute atomic E-state index is 8.84. The van der Waals surface area contributed by atoms with E-state index in [1.54, 1.807) is 6.92 Å². The molecule has 1 unspecified atom stereocenters. The fourth-order valence-electron chi connectivity index (χ4n) is 0.732. The van der Waals surface area contributed by atoms with Gasteiger partial charge in [0.05, 0.1) is 18.0 Å². The molecular formula is C9H12N2O. The number of aliphatic hydroxyl groups excluding tert-OH is 1. The summed E-state index contributed by atoms with van der Waals surface area (Å²) in [5.74, 6) is 0. The van der Waals surface area contributed by atoms with Crippen molar-refractivity contribution in [2.75, 3.05) is 5.43 Å². The van der Waals surface area contributed by atoms with E-state index in [0.29, 0.717) is 0 Å². The molecule has 0 saturated carbocycles. The lowest BCUT2D eigenvalue weighted by Gasteiger charge is -1.98. The van der Waals surface area contributed by atoms with Crippen molar-refractivity contribution in [1.82, 2.24) is 0 Å². The molecule has 1 atom stereocenters. The number of rotatable bonds is 3. The van der Waals surface area contributed by atoms with Crippen molar-refractivity contribution < 1.29 is 5.11 Å². The summed E-state index contributed by atoms with van der Waals surface area (Å²) in [6.45, 7) is 1.65. The highest BCUT2D eigenvalue weighted by Crippen LogP contribution is 2.03. The summed E-state index contributed by atoms with van der Waals surface area (Å²) in [4.78, 5) is 0. The van der Waals surface area contributed by atoms with Gasteiger partial charge in [0.2, 0.25) is 0 Å². The predicted octanol–water partition coefficient (Wildman–Crippen LogP) is 1.47. The highest BCUT2D eigenvalue weighted by molar-refractivity contribution is 5.63. The molecule has 64 valence electrons. The second-order valence-electron chi connectivity index (χ2n) is 2.50. The van der Waals surface area contributed by atoms with E-state index in [2.05, 4.69) is 10.5 Å². The zero-order valence-electron chi connectivity index (χ0n) is 6.94. The van der Waals surface area contributed by atoms with Crippen molar-refractivity contribution in [1.29, 1.82) is 0 Å². The minimum atomic E-state index is -0.513. The number of para-hydroxylation sites is 1. The fourth-order valence-corrected chi connectivity index (χ4v) is 0.732. The van der Waals surface area contributed by atoms with Gasteiger partial charge in [-0.3, -0.25) is 5.43 Å². The van der Waals surface area contributed by atoms with Gasteiger partial charge < -0.3 is 5.11 Å². The molecule has 0 saturated heterocycles. The quantitative estimate of drug-likeness (QED) is 0.524. The predicted molar refractivity (Wildman–Crippen MR) is 50.2 cm³/mol. The van der Waals surface area contributed by atoms with E-state index in [-0.39, 0.29) is 0 Å². The molecule has 0 amide bonds. The molecule has 0 aliphatic heterocycles. The van der Waals surface area contributed by atoms with Crippen LogP contribution >= 0.6 is 0 Å². The third-order valence-corrected chi connectivity index (χ3v) is 1.26. The Morgan fingerprint density at radius 2 is 2.08 bits per heavy atom. The lowest BCUT2D eigenvalue weighted by Crippen LogP contribution is -2.02. The Hall–Kier alpha value is -1.35. The molecule has 3 nitrogen and oxygen atoms in total. The molecular weight excluding hydrogens is 152 g/mol. The molecule has 3 heteroatoms. The number of nitrogens with one attached hydrogen (secondary N) is 1. The maximum Gasteiger partial charge on any atom is 0.0880 e. The van der Waals surface area contributed by atoms with Crippen LogP contribution in [0.5, 0.6) is 0 Å². The van der Waals surface area contributed by atoms with Crippen LogP contribution in [-0.2, 0) is 0 Å². The summed E-state index contributed by atoms with van der Waals surface area (Å²) in [6, 6.07) is 9.57. The standard InChI is InChI=1S/C9H12N2O/c1-8(12)7-10-11-9-5-3-2-4-6-9/h2-8,11-12H,1H3/b10-7+. The number of hydrogen-bond acceptors (Lipinski definition) is 3. The Bertz CT molecular complexity index is 244. The molecule has 0 aromatic heterocycles. The van der Waals surface area contributed by atoms with Crippen molar-refractivity contribution >= 4 is 11.9 Å². The molecule has 0 aliphatic rings. The summed E-state index contributed by atoms with van der Waals surface area (Å²) in [7, 11) is 0. The first-order valence-corrected chi connectivity index (χ1v) is 3.81. The Kier molecular flexibility index (Phi) is 3.29. The van der Waals surface area contributed by atoms with Gasteiger partial charge in [-0.2, -0.15) is 5.10 Å². The van der Waals surface area contributed by atoms with Gasteiger partial charge >= 0.3 is 0 Å². The van der Waals surface area contributed by atoms with Crippen molar-refractivity contribution in [3.63, 3.8) is 0 Å². The first kappa shape index (κ1) is 8.74. The van der Waals surface area contributed by atoms with Gasteiger partial charge in [0.15, 0.2) is 0 Å². The smallest absolute Gasteiger partial charge is 0.0880 e. The number of nitrogens with zero attached hydrogens (tertiary/aromatic N) is 1. The fraction of sp³-hybridized carbons (Fsp3) is 0.222. The lowest BCUT2D eigenvalue weighted by molar-refractivity contribution is 0.267. The first-order valence-electron chi connectivity index (χ1n) is 3.81. The Balaban J connectivity index is 2.43. The van der Waals surface area contributed by atoms with Crippen LogP contribution in [0.3, 0.4) is 0 Å². The number of hydrogen-bond donors (Lipinski definition) is 2. The van der Waals surface area contributed by atoms with Crippen LogP contribution < -0.4 is 5.43 Å². The van der Waals surface area contributed by atoms with Crippen LogP contribution in [0.1, 0.15) is 6.92 Å². The van der Waals surface area contributed by atoms with Crippen LogP contribution in [0.25, 0.3) is 0 Å². The molecule has 0 aliphatic carbocycles. The van der Waals surface area contributed by atoms with Crippen LogP contribution in [0.15, 0.2) is 35.4 Å². The van der Waals surface area contributed by atoms with Crippen molar-refractivity contribution in [3.8, 4) is 0 Å². The summed E-state index contributed by atoms with van der Waals surface area (Å²) in [6.07, 6.45) is 0.925. The second-order valence-corrected chi connectivity index (χ2v) is 2.50. The minimum Gasteiger partial charge on any atom is -0.388 e. The molecule has 0 fully saturated rings. The third kappa shape index (κ3) is 3.16. The number of benzene rings is 1. The van der Waals surface area contributed by atoms with Crippen LogP contribution in [0, 0.1) is 0 Å². The molecule has 0 spiro atoms. The molecule has 2 N–H and O–H groups in total. The molecule has 0 bridgehead atoms. The minimum absolute atomic E-state index is 0.513. The van der Waals surface area contributed by atoms with E-state index in [0.717, 1.165) is 5.69 Å². The van der Waals surface area contributed by atoms with E-state index in [1.807, 2.05) is 30.3 Å². The molecule has 1 aromatic carbocycles. The van der Waals surface area contributed by atoms with Crippen LogP contribution in [0.2, 0.25) is 0 Å². The van der Waals surface area contributed by atoms with E-state index in [9.17, 15) is 0 Å². The number of anilines is 1. The van der Waals surface area contributed by atoms with Gasteiger partial charge in [-0.15, -0.1) is 0 Å². The molecule has 12 heavy (non-hydrogen) atoms. The SMILES string of the molecule is CC(O)/C=N/Nc1ccccc1. The highest BCUT2D eigenvalue weighted by atomic mass is 16.3. The zero-order chi connectivity index (χ0) is 8.81. The normalized spacial score (nSPS) is 13.2. The van der Waals surface area contributed by atoms with Crippen molar-refractivity contribution in [3.05, 3.63) is 30.3 Å². The Labute approximate surface area is 71.7 Å². The van der Waals surface area contributed by atoms with E-state index in [4.69, 9.17) is 5.11 Å². The Morgan fingerprint density at radius 3 is 2.67 bits per heavy atom. The van der Waals surface area contributed by atoms with E-state index >= 15 is 0 Å². The number of aliphatic hydroxyl groups is 1. The average molecular weight is 164 g/mol. The average Bonchev–Trinajstić information content (AvgIpc) is 2.05. The summed E-state index contributed by atoms with van der Waals surface area (Å²) >= 11 is 0. The lowest BCUT2D eigenvalue weighted by atomic mass is 10.3. The highest BCUT2D eigenvalue weighted by Gasteiger charge is 1.86. The van der Waals surface area contributed by atoms with E-state index < -0.39 is 6.10 Å². The van der Waals surface area contributed by atoms with Crippen LogP contribution in [0.4, 0.5) is 5.69 Å². The van der Waals surface area contributed by atoms with Gasteiger partial charge in [0, 0.05) is 0 Å². The molecule has 0 radical (unpaired) electrons. The number of hydrazone groups is 1. The summed E-state index contributed by atoms with van der Waals surface area (Å²) in [5.41, 5.74) is 3.70. The third-order valence-electron chi connectivity index (χ3n) is 1.26. The van der Waals surface area contributed by atoms with Gasteiger partial charge in [0.1, 0.15) is 0 Å². The molecule has 0 heterocycles. The summed E-state index contributed by atoms with van der Waals surface area (Å²) in [5, 5.41) is 12.7. The second kappa shape index (κ2) is 4.51. The van der Waals surface area contributed by atoms with Crippen molar-refractivity contribution in [2.24, 2.45) is 5.10 Å². The first-order chi connectivity index (χ1) is 5.79. The van der Waals surface area contributed by atoms with Gasteiger partial charge in [-0.05, 0) is 19.1 Å². The van der Waals surface area contributed by atoms with Crippen molar-refractivity contribution in [2.45, 2.75) is 13.0 Å². The van der Waals surface area contributed by atoms with E-state index in [1.165, 1.54) is 6.21 Å². The topological polar surface area (TPSA) is 44.6 Å². The largest absolute Gasteiger partial charge is 0.388 e. The Morgan fingerprint density at radius 1 is 1.42 bits per heavy atom. The monoisotopic (exact) mass is 164 g/mol. The van der Waals surface area contributed by atoms with Gasteiger partial charge in [0.25, 0.3) is 0 Å².